The van der Waals surface area contributed by atoms with Gasteiger partial charge in [0.15, 0.2) is 5.76 Å². The third-order valence-electron chi connectivity index (χ3n) is 2.12. The summed E-state index contributed by atoms with van der Waals surface area (Å²) < 4.78 is 18.4. The van der Waals surface area contributed by atoms with Crippen molar-refractivity contribution in [2.45, 2.75) is 6.42 Å². The number of rotatable bonds is 2. The zero-order chi connectivity index (χ0) is 10.8. The van der Waals surface area contributed by atoms with Crippen LogP contribution in [-0.4, -0.2) is 12.4 Å². The number of Topliss-reactive ketones (excluding diaryl/α,β-unsaturated/α-hetero) is 1. The first-order chi connectivity index (χ1) is 7.20. The molecule has 0 atom stereocenters. The lowest BCUT2D eigenvalue weighted by Crippen LogP contribution is -2.07. The number of hydrogen-bond donors (Lipinski definition) is 0. The Hall–Kier alpha value is -1.35. The summed E-state index contributed by atoms with van der Waals surface area (Å²) in [6, 6.07) is 4.14. The average Bonchev–Trinajstić information content (AvgIpc) is 2.69. The molecule has 1 aromatic rings. The number of halogens is 2. The maximum Gasteiger partial charge on any atom is 0.231 e. The van der Waals surface area contributed by atoms with Crippen LogP contribution < -0.4 is 0 Å². The Bertz CT molecular complexity index is 420. The van der Waals surface area contributed by atoms with Gasteiger partial charge in [-0.3, -0.25) is 4.79 Å². The summed E-state index contributed by atoms with van der Waals surface area (Å²) in [6.45, 7) is 0.465. The summed E-state index contributed by atoms with van der Waals surface area (Å²) in [4.78, 5) is 11.8. The monoisotopic (exact) mass is 226 g/mol. The van der Waals surface area contributed by atoms with E-state index < -0.39 is 11.6 Å². The predicted octanol–water partition coefficient (Wildman–Crippen LogP) is 2.97. The van der Waals surface area contributed by atoms with E-state index in [2.05, 4.69) is 0 Å². The quantitative estimate of drug-likeness (QED) is 0.725. The SMILES string of the molecule is O=C(C1=CCCO1)c1c(F)cccc1Cl. The van der Waals surface area contributed by atoms with Crippen molar-refractivity contribution < 1.29 is 13.9 Å². The summed E-state index contributed by atoms with van der Waals surface area (Å²) >= 11 is 5.76. The van der Waals surface area contributed by atoms with Crippen LogP contribution in [0.1, 0.15) is 16.8 Å². The second-order valence-electron chi connectivity index (χ2n) is 3.13. The van der Waals surface area contributed by atoms with Crippen LogP contribution in [0.25, 0.3) is 0 Å². The van der Waals surface area contributed by atoms with Gasteiger partial charge in [0, 0.05) is 6.42 Å². The molecule has 0 amide bonds. The fraction of sp³-hybridized carbons (Fsp3) is 0.182. The third-order valence-corrected chi connectivity index (χ3v) is 2.43. The fourth-order valence-corrected chi connectivity index (χ4v) is 1.66. The van der Waals surface area contributed by atoms with Crippen molar-refractivity contribution in [3.63, 3.8) is 0 Å². The molecule has 1 aliphatic rings. The van der Waals surface area contributed by atoms with E-state index in [-0.39, 0.29) is 16.3 Å². The Morgan fingerprint density at radius 1 is 1.47 bits per heavy atom. The maximum absolute atomic E-state index is 13.4. The largest absolute Gasteiger partial charge is 0.489 e. The standard InChI is InChI=1S/C11H8ClFO2/c12-7-3-1-4-8(13)10(7)11(14)9-5-2-6-15-9/h1,3-5H,2,6H2. The summed E-state index contributed by atoms with van der Waals surface area (Å²) in [5, 5.41) is 0.108. The van der Waals surface area contributed by atoms with E-state index in [1.807, 2.05) is 0 Å². The second-order valence-corrected chi connectivity index (χ2v) is 3.54. The minimum absolute atomic E-state index is 0.108. The smallest absolute Gasteiger partial charge is 0.231 e. The van der Waals surface area contributed by atoms with E-state index in [0.29, 0.717) is 13.0 Å². The molecule has 0 saturated carbocycles. The van der Waals surface area contributed by atoms with Crippen LogP contribution in [0.5, 0.6) is 0 Å². The lowest BCUT2D eigenvalue weighted by Gasteiger charge is -2.05. The summed E-state index contributed by atoms with van der Waals surface area (Å²) in [6.07, 6.45) is 2.32. The molecule has 78 valence electrons. The third kappa shape index (κ3) is 1.88. The number of benzene rings is 1. The highest BCUT2D eigenvalue weighted by Gasteiger charge is 2.22. The minimum atomic E-state index is -0.621. The molecule has 0 saturated heterocycles. The lowest BCUT2D eigenvalue weighted by molar-refractivity contribution is 0.0938. The van der Waals surface area contributed by atoms with Crippen LogP contribution in [0.2, 0.25) is 5.02 Å². The van der Waals surface area contributed by atoms with Gasteiger partial charge in [0.1, 0.15) is 5.82 Å². The highest BCUT2D eigenvalue weighted by molar-refractivity contribution is 6.34. The van der Waals surface area contributed by atoms with Crippen molar-refractivity contribution in [1.29, 1.82) is 0 Å². The second kappa shape index (κ2) is 4.03. The molecule has 0 aromatic heterocycles. The number of hydrogen-bond acceptors (Lipinski definition) is 2. The van der Waals surface area contributed by atoms with Gasteiger partial charge in [0.25, 0.3) is 0 Å². The molecule has 1 aromatic carbocycles. The van der Waals surface area contributed by atoms with Crippen molar-refractivity contribution in [2.24, 2.45) is 0 Å². The molecule has 4 heteroatoms. The molecule has 1 heterocycles. The Labute approximate surface area is 91.3 Å². The van der Waals surface area contributed by atoms with E-state index in [1.54, 1.807) is 6.08 Å². The van der Waals surface area contributed by atoms with Gasteiger partial charge in [-0.05, 0) is 18.2 Å². The van der Waals surface area contributed by atoms with Gasteiger partial charge in [-0.25, -0.2) is 4.39 Å². The van der Waals surface area contributed by atoms with Crippen LogP contribution in [0, 0.1) is 5.82 Å². The van der Waals surface area contributed by atoms with Gasteiger partial charge in [-0.2, -0.15) is 0 Å². The molecule has 0 N–H and O–H groups in total. The lowest BCUT2D eigenvalue weighted by atomic mass is 10.1. The van der Waals surface area contributed by atoms with Gasteiger partial charge < -0.3 is 4.74 Å². The molecule has 0 aliphatic carbocycles. The molecule has 1 aliphatic heterocycles. The van der Waals surface area contributed by atoms with Crippen LogP contribution >= 0.6 is 11.6 Å². The summed E-state index contributed by atoms with van der Waals surface area (Å²) in [7, 11) is 0. The van der Waals surface area contributed by atoms with Gasteiger partial charge in [0.05, 0.1) is 17.2 Å². The van der Waals surface area contributed by atoms with Crippen molar-refractivity contribution in [3.05, 3.63) is 46.4 Å². The first-order valence-corrected chi connectivity index (χ1v) is 4.89. The van der Waals surface area contributed by atoms with E-state index >= 15 is 0 Å². The Morgan fingerprint density at radius 3 is 2.87 bits per heavy atom. The number of ketones is 1. The molecule has 15 heavy (non-hydrogen) atoms. The van der Waals surface area contributed by atoms with E-state index in [9.17, 15) is 9.18 Å². The molecule has 0 spiro atoms. The van der Waals surface area contributed by atoms with E-state index in [1.165, 1.54) is 18.2 Å². The van der Waals surface area contributed by atoms with Crippen LogP contribution in [0.15, 0.2) is 30.0 Å². The van der Waals surface area contributed by atoms with Crippen LogP contribution in [0.3, 0.4) is 0 Å². The Morgan fingerprint density at radius 2 is 2.27 bits per heavy atom. The summed E-state index contributed by atoms with van der Waals surface area (Å²) in [5.41, 5.74) is -0.118. The molecule has 2 nitrogen and oxygen atoms in total. The number of carbonyl (C=O) groups excluding carboxylic acids is 1. The van der Waals surface area contributed by atoms with Crippen molar-refractivity contribution >= 4 is 17.4 Å². The molecular formula is C11H8ClFO2. The highest BCUT2D eigenvalue weighted by atomic mass is 35.5. The van der Waals surface area contributed by atoms with E-state index in [4.69, 9.17) is 16.3 Å². The van der Waals surface area contributed by atoms with Gasteiger partial charge in [-0.1, -0.05) is 17.7 Å². The number of allylic oxidation sites excluding steroid dienone is 1. The normalized spacial score (nSPS) is 14.7. The molecule has 0 bridgehead atoms. The van der Waals surface area contributed by atoms with Gasteiger partial charge in [-0.15, -0.1) is 0 Å². The van der Waals surface area contributed by atoms with Crippen LogP contribution in [0.4, 0.5) is 4.39 Å². The predicted molar refractivity (Wildman–Crippen MR) is 54.4 cm³/mol. The first-order valence-electron chi connectivity index (χ1n) is 4.52. The van der Waals surface area contributed by atoms with Crippen molar-refractivity contribution in [3.8, 4) is 0 Å². The minimum Gasteiger partial charge on any atom is -0.489 e. The number of carbonyl (C=O) groups is 1. The number of ether oxygens (including phenoxy) is 1. The molecule has 2 rings (SSSR count). The maximum atomic E-state index is 13.4. The van der Waals surface area contributed by atoms with Crippen LogP contribution in [-0.2, 0) is 4.74 Å². The molecule has 0 unspecified atom stereocenters. The first kappa shape index (κ1) is 10.2. The average molecular weight is 227 g/mol. The van der Waals surface area contributed by atoms with Gasteiger partial charge >= 0.3 is 0 Å². The zero-order valence-electron chi connectivity index (χ0n) is 7.80. The molecule has 0 radical (unpaired) electrons. The Kier molecular flexibility index (Phi) is 2.73. The van der Waals surface area contributed by atoms with Crippen molar-refractivity contribution in [2.75, 3.05) is 6.61 Å². The fourth-order valence-electron chi connectivity index (χ4n) is 1.41. The summed E-state index contributed by atoms with van der Waals surface area (Å²) in [5.74, 6) is -0.929. The highest BCUT2D eigenvalue weighted by Crippen LogP contribution is 2.24. The molecular weight excluding hydrogens is 219 g/mol. The zero-order valence-corrected chi connectivity index (χ0v) is 8.55. The topological polar surface area (TPSA) is 26.3 Å². The van der Waals surface area contributed by atoms with Crippen molar-refractivity contribution in [1.82, 2.24) is 0 Å². The van der Waals surface area contributed by atoms with E-state index in [0.717, 1.165) is 0 Å². The molecule has 0 fully saturated rings. The Balaban J connectivity index is 2.41. The van der Waals surface area contributed by atoms with Gasteiger partial charge in [0.2, 0.25) is 5.78 Å².